The molecule has 0 radical (unpaired) electrons. The number of ether oxygens (including phenoxy) is 1. The molecule has 1 amide bonds. The third-order valence-electron chi connectivity index (χ3n) is 14.1. The second-order valence-electron chi connectivity index (χ2n) is 22.6. The summed E-state index contributed by atoms with van der Waals surface area (Å²) in [6.45, 7) is 6.84. The number of likely N-dealkylation sites (N-methyl/N-ethyl adjacent to an activating group) is 1. The van der Waals surface area contributed by atoms with Gasteiger partial charge in [0, 0.05) is 12.8 Å². The summed E-state index contributed by atoms with van der Waals surface area (Å²) >= 11 is 0. The van der Waals surface area contributed by atoms with Crippen molar-refractivity contribution in [3.05, 3.63) is 36.5 Å². The van der Waals surface area contributed by atoms with E-state index in [0.29, 0.717) is 17.4 Å². The van der Waals surface area contributed by atoms with Crippen molar-refractivity contribution in [2.24, 2.45) is 0 Å². The molecular weight excluding hydrogens is 928 g/mol. The molecule has 0 fully saturated rings. The molecule has 0 saturated carbocycles. The highest BCUT2D eigenvalue weighted by Gasteiger charge is 2.27. The van der Waals surface area contributed by atoms with Crippen LogP contribution in [0.1, 0.15) is 303 Å². The second kappa shape index (κ2) is 53.6. The van der Waals surface area contributed by atoms with Crippen molar-refractivity contribution in [3.8, 4) is 0 Å². The Morgan fingerprint density at radius 2 is 0.836 bits per heavy atom. The largest absolute Gasteiger partial charge is 0.756 e. The molecule has 0 rings (SSSR count). The number of allylic oxidation sites excluding steroid dienone is 5. The lowest BCUT2D eigenvalue weighted by Crippen LogP contribution is -2.47. The summed E-state index contributed by atoms with van der Waals surface area (Å²) in [5.74, 6) is -0.530. The Morgan fingerprint density at radius 3 is 1.26 bits per heavy atom. The van der Waals surface area contributed by atoms with Gasteiger partial charge >= 0.3 is 5.97 Å². The van der Waals surface area contributed by atoms with E-state index in [1.54, 1.807) is 0 Å². The van der Waals surface area contributed by atoms with E-state index in [0.717, 1.165) is 64.2 Å². The lowest BCUT2D eigenvalue weighted by Gasteiger charge is -2.30. The zero-order chi connectivity index (χ0) is 53.6. The van der Waals surface area contributed by atoms with Crippen LogP contribution in [-0.2, 0) is 27.9 Å². The molecule has 430 valence electrons. The molecule has 0 spiro atoms. The summed E-state index contributed by atoms with van der Waals surface area (Å²) in [6.07, 6.45) is 63.9. The molecule has 0 aliphatic heterocycles. The molecule has 10 heteroatoms. The molecule has 9 nitrogen and oxygen atoms in total. The SMILES string of the molecule is CCCCC/C=C\C/C=C\CCCCCCCCCCCCCCCC(=O)NC(COP(=O)([O-])OCC[N+](C)(C)C)C(/C=C/CCCCCCCCCCCCC)OC(=O)CCCCCCCCCCCCC. The summed E-state index contributed by atoms with van der Waals surface area (Å²) in [6, 6.07) is -0.883. The van der Waals surface area contributed by atoms with E-state index in [2.05, 4.69) is 50.4 Å². The van der Waals surface area contributed by atoms with Gasteiger partial charge in [0.25, 0.3) is 7.82 Å². The van der Waals surface area contributed by atoms with Crippen LogP contribution in [-0.4, -0.2) is 69.4 Å². The lowest BCUT2D eigenvalue weighted by molar-refractivity contribution is -0.870. The number of phosphoric ester groups is 1. The van der Waals surface area contributed by atoms with Crippen molar-refractivity contribution in [1.82, 2.24) is 5.32 Å². The van der Waals surface area contributed by atoms with Gasteiger partial charge in [0.15, 0.2) is 0 Å². The van der Waals surface area contributed by atoms with E-state index in [-0.39, 0.29) is 31.5 Å². The topological polar surface area (TPSA) is 114 Å². The van der Waals surface area contributed by atoms with Crippen LogP contribution in [0.15, 0.2) is 36.5 Å². The quantitative estimate of drug-likeness (QED) is 0.0212. The maximum atomic E-state index is 13.5. The minimum absolute atomic E-state index is 0.0198. The average molecular weight is 1050 g/mol. The fourth-order valence-corrected chi connectivity index (χ4v) is 9.92. The van der Waals surface area contributed by atoms with Gasteiger partial charge in [0.05, 0.1) is 33.8 Å². The molecule has 3 atom stereocenters. The Labute approximate surface area is 453 Å². The summed E-state index contributed by atoms with van der Waals surface area (Å²) in [7, 11) is 1.20. The zero-order valence-corrected chi connectivity index (χ0v) is 50.0. The Kier molecular flexibility index (Phi) is 52.3. The molecule has 0 aromatic carbocycles. The van der Waals surface area contributed by atoms with Crippen molar-refractivity contribution in [2.75, 3.05) is 40.9 Å². The minimum atomic E-state index is -4.69. The van der Waals surface area contributed by atoms with E-state index in [4.69, 9.17) is 13.8 Å². The Hall–Kier alpha value is -1.77. The molecule has 3 unspecified atom stereocenters. The predicted octanol–water partition coefficient (Wildman–Crippen LogP) is 18.5. The number of quaternary nitrogens is 1. The molecule has 73 heavy (non-hydrogen) atoms. The average Bonchev–Trinajstić information content (AvgIpc) is 3.35. The van der Waals surface area contributed by atoms with Gasteiger partial charge in [-0.2, -0.15) is 0 Å². The van der Waals surface area contributed by atoms with Gasteiger partial charge in [0.1, 0.15) is 19.3 Å². The second-order valence-corrected chi connectivity index (χ2v) is 24.0. The van der Waals surface area contributed by atoms with Crippen molar-refractivity contribution in [3.63, 3.8) is 0 Å². The Bertz CT molecular complexity index is 1350. The number of esters is 1. The summed E-state index contributed by atoms with van der Waals surface area (Å²) in [5.41, 5.74) is 0. The van der Waals surface area contributed by atoms with Gasteiger partial charge in [-0.1, -0.05) is 263 Å². The third kappa shape index (κ3) is 54.8. The van der Waals surface area contributed by atoms with Crippen LogP contribution in [0, 0.1) is 0 Å². The minimum Gasteiger partial charge on any atom is -0.756 e. The number of nitrogens with one attached hydrogen (secondary N) is 1. The van der Waals surface area contributed by atoms with Gasteiger partial charge in [-0.25, -0.2) is 0 Å². The van der Waals surface area contributed by atoms with Gasteiger partial charge in [-0.3, -0.25) is 14.2 Å². The number of carbonyl (C=O) groups excluding carboxylic acids is 2. The van der Waals surface area contributed by atoms with Crippen molar-refractivity contribution in [1.29, 1.82) is 0 Å². The fraction of sp³-hybridized carbons (Fsp3) is 0.873. The summed E-state index contributed by atoms with van der Waals surface area (Å²) < 4.78 is 30.3. The van der Waals surface area contributed by atoms with Gasteiger partial charge in [-0.15, -0.1) is 0 Å². The van der Waals surface area contributed by atoms with Crippen LogP contribution in [0.4, 0.5) is 0 Å². The molecule has 1 N–H and O–H groups in total. The third-order valence-corrected chi connectivity index (χ3v) is 15.0. The molecule has 0 aliphatic carbocycles. The molecule has 0 heterocycles. The first-order chi connectivity index (χ1) is 35.4. The van der Waals surface area contributed by atoms with E-state index in [1.807, 2.05) is 33.3 Å². The molecular formula is C63H121N2O7P. The zero-order valence-electron chi connectivity index (χ0n) is 49.1. The van der Waals surface area contributed by atoms with Crippen LogP contribution < -0.4 is 10.2 Å². The van der Waals surface area contributed by atoms with Crippen LogP contribution in [0.2, 0.25) is 0 Å². The summed E-state index contributed by atoms with van der Waals surface area (Å²) in [4.78, 5) is 39.9. The van der Waals surface area contributed by atoms with E-state index >= 15 is 0 Å². The highest BCUT2D eigenvalue weighted by Crippen LogP contribution is 2.38. The Balaban J connectivity index is 5.12. The number of unbranched alkanes of at least 4 members (excludes halogenated alkanes) is 37. The molecule has 0 aromatic heterocycles. The maximum Gasteiger partial charge on any atom is 0.306 e. The van der Waals surface area contributed by atoms with Crippen molar-refractivity contribution >= 4 is 19.7 Å². The van der Waals surface area contributed by atoms with Crippen molar-refractivity contribution < 1.29 is 37.3 Å². The number of phosphoric acid groups is 1. The first-order valence-corrected chi connectivity index (χ1v) is 32.8. The monoisotopic (exact) mass is 1050 g/mol. The van der Waals surface area contributed by atoms with E-state index < -0.39 is 20.0 Å². The van der Waals surface area contributed by atoms with E-state index in [9.17, 15) is 19.0 Å². The van der Waals surface area contributed by atoms with Gasteiger partial charge < -0.3 is 28.5 Å². The smallest absolute Gasteiger partial charge is 0.306 e. The van der Waals surface area contributed by atoms with Crippen molar-refractivity contribution in [2.45, 2.75) is 315 Å². The highest BCUT2D eigenvalue weighted by atomic mass is 31.2. The number of amides is 1. The first-order valence-electron chi connectivity index (χ1n) is 31.3. The first kappa shape index (κ1) is 71.2. The number of hydrogen-bond acceptors (Lipinski definition) is 7. The maximum absolute atomic E-state index is 13.5. The number of hydrogen-bond donors (Lipinski definition) is 1. The normalized spacial score (nSPS) is 13.9. The number of carbonyl (C=O) groups is 2. The molecule has 0 aromatic rings. The van der Waals surface area contributed by atoms with Crippen LogP contribution >= 0.6 is 7.82 Å². The van der Waals surface area contributed by atoms with Gasteiger partial charge in [0.2, 0.25) is 5.91 Å². The predicted molar refractivity (Wildman–Crippen MR) is 312 cm³/mol. The number of rotatable bonds is 57. The standard InChI is InChI=1S/C63H121N2O7P/c1-7-10-13-16-19-22-25-27-28-29-30-31-32-33-34-35-36-38-41-43-46-49-52-55-62(66)64-60(59-71-73(68,69)70-58-57-65(4,5)6)61(54-51-48-45-42-40-37-26-23-20-17-14-11-8-2)72-63(67)56-53-50-47-44-39-24-21-18-15-12-9-3/h19,22,27-28,51,54,60-61H,7-18,20-21,23-26,29-50,52-53,55-59H2,1-6H3,(H-,64,66,68,69)/b22-19-,28-27-,54-51+. The van der Waals surface area contributed by atoms with Crippen LogP contribution in [0.3, 0.4) is 0 Å². The van der Waals surface area contributed by atoms with Crippen LogP contribution in [0.5, 0.6) is 0 Å². The summed E-state index contributed by atoms with van der Waals surface area (Å²) in [5, 5.41) is 3.03. The molecule has 0 aliphatic rings. The molecule has 0 bridgehead atoms. The highest BCUT2D eigenvalue weighted by molar-refractivity contribution is 7.45. The van der Waals surface area contributed by atoms with E-state index in [1.165, 1.54) is 205 Å². The fourth-order valence-electron chi connectivity index (χ4n) is 9.20. The lowest BCUT2D eigenvalue weighted by atomic mass is 10.0. The van der Waals surface area contributed by atoms with Crippen LogP contribution in [0.25, 0.3) is 0 Å². The molecule has 0 saturated heterocycles. The number of nitrogens with zero attached hydrogens (tertiary/aromatic N) is 1. The Morgan fingerprint density at radius 1 is 0.479 bits per heavy atom. The van der Waals surface area contributed by atoms with Gasteiger partial charge in [-0.05, 0) is 63.9 Å².